The highest BCUT2D eigenvalue weighted by Crippen LogP contribution is 2.21. The number of carbonyl (C=O) groups is 1. The second-order valence-electron chi connectivity index (χ2n) is 4.09. The van der Waals surface area contributed by atoms with Crippen molar-refractivity contribution in [1.29, 1.82) is 0 Å². The van der Waals surface area contributed by atoms with Gasteiger partial charge in [0.25, 0.3) is 0 Å². The Hall–Kier alpha value is -0.870. The van der Waals surface area contributed by atoms with E-state index in [0.717, 1.165) is 25.9 Å². The molecule has 92 valence electrons. The molecule has 0 amide bonds. The van der Waals surface area contributed by atoms with E-state index in [2.05, 4.69) is 6.58 Å². The van der Waals surface area contributed by atoms with E-state index >= 15 is 0 Å². The number of hydrogen-bond acceptors (Lipinski definition) is 3. The number of carboxylic acids is 1. The van der Waals surface area contributed by atoms with Crippen LogP contribution in [-0.2, 0) is 9.53 Å². The number of carboxylic acid groups (broad SMARTS) is 1. The molecule has 2 unspecified atom stereocenters. The Morgan fingerprint density at radius 1 is 1.69 bits per heavy atom. The van der Waals surface area contributed by atoms with Crippen LogP contribution in [-0.4, -0.2) is 47.8 Å². The molecule has 1 fully saturated rings. The average Bonchev–Trinajstić information content (AvgIpc) is 2.62. The average molecular weight is 227 g/mol. The van der Waals surface area contributed by atoms with Gasteiger partial charge in [0, 0.05) is 19.6 Å². The Morgan fingerprint density at radius 2 is 2.44 bits per heavy atom. The lowest BCUT2D eigenvalue weighted by atomic mass is 10.2. The van der Waals surface area contributed by atoms with Crippen molar-refractivity contribution in [1.82, 2.24) is 4.90 Å². The third-order valence-corrected chi connectivity index (χ3v) is 2.91. The first-order valence-corrected chi connectivity index (χ1v) is 5.88. The maximum atomic E-state index is 11.1. The minimum absolute atomic E-state index is 0.0785. The van der Waals surface area contributed by atoms with Gasteiger partial charge in [-0.3, -0.25) is 9.69 Å². The molecule has 1 heterocycles. The van der Waals surface area contributed by atoms with Crippen LogP contribution in [0.4, 0.5) is 0 Å². The minimum Gasteiger partial charge on any atom is -0.480 e. The van der Waals surface area contributed by atoms with Crippen molar-refractivity contribution in [3.8, 4) is 0 Å². The Bertz CT molecular complexity index is 242. The van der Waals surface area contributed by atoms with Crippen LogP contribution >= 0.6 is 0 Å². The Morgan fingerprint density at radius 3 is 3.00 bits per heavy atom. The molecule has 0 aromatic rings. The second kappa shape index (κ2) is 6.66. The molecule has 0 spiro atoms. The zero-order valence-corrected chi connectivity index (χ0v) is 9.89. The monoisotopic (exact) mass is 227 g/mol. The fraction of sp³-hybridized carbons (Fsp3) is 0.750. The summed E-state index contributed by atoms with van der Waals surface area (Å²) in [4.78, 5) is 13.1. The molecule has 1 aliphatic heterocycles. The van der Waals surface area contributed by atoms with Crippen molar-refractivity contribution in [3.63, 3.8) is 0 Å². The van der Waals surface area contributed by atoms with Crippen molar-refractivity contribution in [2.75, 3.05) is 19.7 Å². The highest BCUT2D eigenvalue weighted by atomic mass is 16.5. The first-order valence-electron chi connectivity index (χ1n) is 5.88. The van der Waals surface area contributed by atoms with E-state index in [4.69, 9.17) is 9.84 Å². The first kappa shape index (κ1) is 13.2. The fourth-order valence-electron chi connectivity index (χ4n) is 2.16. The molecule has 2 atom stereocenters. The SMILES string of the molecule is C=CCCCN1CC(OCC)CC1C(=O)O. The number of allylic oxidation sites excluding steroid dienone is 1. The molecule has 0 bridgehead atoms. The molecule has 1 aliphatic rings. The number of likely N-dealkylation sites (tertiary alicyclic amines) is 1. The van der Waals surface area contributed by atoms with E-state index in [1.807, 2.05) is 17.9 Å². The fourth-order valence-corrected chi connectivity index (χ4v) is 2.16. The van der Waals surface area contributed by atoms with Crippen LogP contribution in [0.15, 0.2) is 12.7 Å². The van der Waals surface area contributed by atoms with Gasteiger partial charge in [-0.2, -0.15) is 0 Å². The summed E-state index contributed by atoms with van der Waals surface area (Å²) in [5.41, 5.74) is 0. The molecule has 0 saturated carbocycles. The smallest absolute Gasteiger partial charge is 0.321 e. The quantitative estimate of drug-likeness (QED) is 0.529. The van der Waals surface area contributed by atoms with Gasteiger partial charge in [0.15, 0.2) is 0 Å². The molecule has 4 nitrogen and oxygen atoms in total. The van der Waals surface area contributed by atoms with Gasteiger partial charge in [-0.25, -0.2) is 0 Å². The lowest BCUT2D eigenvalue weighted by molar-refractivity contribution is -0.142. The summed E-state index contributed by atoms with van der Waals surface area (Å²) in [5, 5.41) is 9.11. The van der Waals surface area contributed by atoms with Crippen LogP contribution in [0.25, 0.3) is 0 Å². The van der Waals surface area contributed by atoms with E-state index in [0.29, 0.717) is 13.0 Å². The van der Waals surface area contributed by atoms with Gasteiger partial charge >= 0.3 is 5.97 Å². The largest absolute Gasteiger partial charge is 0.480 e. The second-order valence-corrected chi connectivity index (χ2v) is 4.09. The van der Waals surface area contributed by atoms with E-state index < -0.39 is 5.97 Å². The highest BCUT2D eigenvalue weighted by molar-refractivity contribution is 5.74. The predicted octanol–water partition coefficient (Wildman–Crippen LogP) is 1.52. The van der Waals surface area contributed by atoms with Crippen LogP contribution in [0.2, 0.25) is 0 Å². The molecule has 0 aliphatic carbocycles. The van der Waals surface area contributed by atoms with Gasteiger partial charge < -0.3 is 9.84 Å². The summed E-state index contributed by atoms with van der Waals surface area (Å²) < 4.78 is 5.49. The van der Waals surface area contributed by atoms with Crippen LogP contribution in [0.1, 0.15) is 26.2 Å². The summed E-state index contributed by atoms with van der Waals surface area (Å²) in [6, 6.07) is -0.374. The van der Waals surface area contributed by atoms with Crippen molar-refractivity contribution >= 4 is 5.97 Å². The van der Waals surface area contributed by atoms with Crippen molar-refractivity contribution < 1.29 is 14.6 Å². The van der Waals surface area contributed by atoms with Gasteiger partial charge in [0.2, 0.25) is 0 Å². The minimum atomic E-state index is -0.735. The summed E-state index contributed by atoms with van der Waals surface area (Å²) in [6.45, 7) is 7.80. The molecule has 1 saturated heterocycles. The predicted molar refractivity (Wildman–Crippen MR) is 62.5 cm³/mol. The molecule has 0 aromatic heterocycles. The maximum Gasteiger partial charge on any atom is 0.321 e. The lowest BCUT2D eigenvalue weighted by Crippen LogP contribution is -2.36. The molecule has 4 heteroatoms. The first-order chi connectivity index (χ1) is 7.69. The van der Waals surface area contributed by atoms with Crippen LogP contribution in [0.3, 0.4) is 0 Å². The Kier molecular flexibility index (Phi) is 5.49. The normalized spacial score (nSPS) is 25.8. The topological polar surface area (TPSA) is 49.8 Å². The summed E-state index contributed by atoms with van der Waals surface area (Å²) in [7, 11) is 0. The van der Waals surface area contributed by atoms with Crippen molar-refractivity contribution in [2.45, 2.75) is 38.3 Å². The third kappa shape index (κ3) is 3.61. The van der Waals surface area contributed by atoms with Crippen molar-refractivity contribution in [2.24, 2.45) is 0 Å². The van der Waals surface area contributed by atoms with E-state index in [1.165, 1.54) is 0 Å². The van der Waals surface area contributed by atoms with E-state index in [9.17, 15) is 4.79 Å². The molecular weight excluding hydrogens is 206 g/mol. The Balaban J connectivity index is 2.45. The molecule has 0 radical (unpaired) electrons. The van der Waals surface area contributed by atoms with Gasteiger partial charge in [-0.1, -0.05) is 6.08 Å². The van der Waals surface area contributed by atoms with Crippen LogP contribution in [0.5, 0.6) is 0 Å². The number of ether oxygens (including phenoxy) is 1. The van der Waals surface area contributed by atoms with Crippen LogP contribution in [0, 0.1) is 0 Å². The Labute approximate surface area is 96.9 Å². The van der Waals surface area contributed by atoms with Gasteiger partial charge in [0.05, 0.1) is 6.10 Å². The molecule has 0 aromatic carbocycles. The maximum absolute atomic E-state index is 11.1. The van der Waals surface area contributed by atoms with E-state index in [1.54, 1.807) is 0 Å². The number of nitrogens with zero attached hydrogens (tertiary/aromatic N) is 1. The molecule has 1 N–H and O–H groups in total. The summed E-state index contributed by atoms with van der Waals surface area (Å²) in [5.74, 6) is -0.735. The van der Waals surface area contributed by atoms with Crippen molar-refractivity contribution in [3.05, 3.63) is 12.7 Å². The van der Waals surface area contributed by atoms with Crippen LogP contribution < -0.4 is 0 Å². The molecule has 1 rings (SSSR count). The third-order valence-electron chi connectivity index (χ3n) is 2.91. The number of aliphatic carboxylic acids is 1. The molecular formula is C12H21NO3. The lowest BCUT2D eigenvalue weighted by Gasteiger charge is -2.20. The van der Waals surface area contributed by atoms with E-state index in [-0.39, 0.29) is 12.1 Å². The zero-order valence-electron chi connectivity index (χ0n) is 9.89. The standard InChI is InChI=1S/C12H21NO3/c1-3-5-6-7-13-9-10(16-4-2)8-11(13)12(14)15/h3,10-11H,1,4-9H2,2H3,(H,14,15). The highest BCUT2D eigenvalue weighted by Gasteiger charge is 2.36. The van der Waals surface area contributed by atoms with Gasteiger partial charge in [-0.15, -0.1) is 6.58 Å². The number of hydrogen-bond donors (Lipinski definition) is 1. The number of unbranched alkanes of at least 4 members (excludes halogenated alkanes) is 1. The van der Waals surface area contributed by atoms with Gasteiger partial charge in [-0.05, 0) is 26.3 Å². The summed E-state index contributed by atoms with van der Waals surface area (Å²) in [6.07, 6.45) is 4.45. The zero-order chi connectivity index (χ0) is 12.0. The summed E-state index contributed by atoms with van der Waals surface area (Å²) >= 11 is 0. The van der Waals surface area contributed by atoms with Gasteiger partial charge in [0.1, 0.15) is 6.04 Å². The number of rotatable bonds is 7. The molecule has 16 heavy (non-hydrogen) atoms.